The molecule has 0 radical (unpaired) electrons. The zero-order valence-electron chi connectivity index (χ0n) is 7.08. The number of hydrogen-bond donors (Lipinski definition) is 2. The highest BCUT2D eigenvalue weighted by Gasteiger charge is 2.13. The SMILES string of the molecule is O=C(CS)NCC1CCOCC1. The minimum Gasteiger partial charge on any atom is -0.381 e. The van der Waals surface area contributed by atoms with Crippen molar-refractivity contribution in [3.8, 4) is 0 Å². The molecule has 4 heteroatoms. The highest BCUT2D eigenvalue weighted by atomic mass is 32.1. The third kappa shape index (κ3) is 3.45. The lowest BCUT2D eigenvalue weighted by Gasteiger charge is -2.21. The van der Waals surface area contributed by atoms with Gasteiger partial charge in [-0.1, -0.05) is 0 Å². The van der Waals surface area contributed by atoms with E-state index in [-0.39, 0.29) is 11.7 Å². The number of rotatable bonds is 3. The van der Waals surface area contributed by atoms with E-state index in [9.17, 15) is 4.79 Å². The summed E-state index contributed by atoms with van der Waals surface area (Å²) in [6.45, 7) is 2.45. The summed E-state index contributed by atoms with van der Waals surface area (Å²) in [7, 11) is 0. The number of amides is 1. The Morgan fingerprint density at radius 2 is 2.17 bits per heavy atom. The van der Waals surface area contributed by atoms with Gasteiger partial charge in [-0.2, -0.15) is 12.6 Å². The van der Waals surface area contributed by atoms with Gasteiger partial charge in [0.15, 0.2) is 0 Å². The molecule has 12 heavy (non-hydrogen) atoms. The van der Waals surface area contributed by atoms with Crippen molar-refractivity contribution in [3.05, 3.63) is 0 Å². The van der Waals surface area contributed by atoms with Gasteiger partial charge in [0.2, 0.25) is 5.91 Å². The molecular formula is C8H15NO2S. The van der Waals surface area contributed by atoms with Crippen LogP contribution >= 0.6 is 12.6 Å². The van der Waals surface area contributed by atoms with Crippen LogP contribution in [0.2, 0.25) is 0 Å². The third-order valence-corrected chi connectivity index (χ3v) is 2.36. The van der Waals surface area contributed by atoms with Gasteiger partial charge in [-0.3, -0.25) is 4.79 Å². The molecule has 1 aliphatic heterocycles. The molecule has 0 atom stereocenters. The predicted molar refractivity (Wildman–Crippen MR) is 50.4 cm³/mol. The number of ether oxygens (including phenoxy) is 1. The molecule has 1 N–H and O–H groups in total. The second kappa shape index (κ2) is 5.43. The summed E-state index contributed by atoms with van der Waals surface area (Å²) in [5.74, 6) is 0.899. The van der Waals surface area contributed by atoms with Crippen LogP contribution in [0.3, 0.4) is 0 Å². The fourth-order valence-corrected chi connectivity index (χ4v) is 1.38. The van der Waals surface area contributed by atoms with Gasteiger partial charge in [0.25, 0.3) is 0 Å². The fourth-order valence-electron chi connectivity index (χ4n) is 1.26. The van der Waals surface area contributed by atoms with Gasteiger partial charge >= 0.3 is 0 Å². The molecule has 0 spiro atoms. The largest absolute Gasteiger partial charge is 0.381 e. The van der Waals surface area contributed by atoms with Crippen LogP contribution in [0.4, 0.5) is 0 Å². The summed E-state index contributed by atoms with van der Waals surface area (Å²) in [4.78, 5) is 10.8. The molecule has 1 fully saturated rings. The summed E-state index contributed by atoms with van der Waals surface area (Å²) in [5.41, 5.74) is 0. The fraction of sp³-hybridized carbons (Fsp3) is 0.875. The molecule has 3 nitrogen and oxygen atoms in total. The maximum Gasteiger partial charge on any atom is 0.229 e. The molecule has 70 valence electrons. The molecular weight excluding hydrogens is 174 g/mol. The molecule has 0 aromatic heterocycles. The van der Waals surface area contributed by atoms with Crippen molar-refractivity contribution < 1.29 is 9.53 Å². The van der Waals surface area contributed by atoms with Crippen LogP contribution in [0.15, 0.2) is 0 Å². The molecule has 1 amide bonds. The van der Waals surface area contributed by atoms with Gasteiger partial charge in [-0.25, -0.2) is 0 Å². The summed E-state index contributed by atoms with van der Waals surface area (Å²) in [6, 6.07) is 0. The van der Waals surface area contributed by atoms with Gasteiger partial charge in [0.1, 0.15) is 0 Å². The Bertz CT molecular complexity index is 146. The standard InChI is InChI=1S/C8H15NO2S/c10-8(6-12)9-5-7-1-3-11-4-2-7/h7,12H,1-6H2,(H,9,10). The maximum absolute atomic E-state index is 10.8. The second-order valence-electron chi connectivity index (χ2n) is 3.02. The maximum atomic E-state index is 10.8. The first-order valence-corrected chi connectivity index (χ1v) is 4.91. The highest BCUT2D eigenvalue weighted by molar-refractivity contribution is 7.81. The zero-order chi connectivity index (χ0) is 8.81. The van der Waals surface area contributed by atoms with Gasteiger partial charge in [0.05, 0.1) is 5.75 Å². The van der Waals surface area contributed by atoms with E-state index < -0.39 is 0 Å². The molecule has 0 unspecified atom stereocenters. The summed E-state index contributed by atoms with van der Waals surface area (Å²) >= 11 is 3.88. The van der Waals surface area contributed by atoms with Crippen LogP contribution in [0.1, 0.15) is 12.8 Å². The van der Waals surface area contributed by atoms with Crippen molar-refractivity contribution in [2.24, 2.45) is 5.92 Å². The average molecular weight is 189 g/mol. The monoisotopic (exact) mass is 189 g/mol. The van der Waals surface area contributed by atoms with E-state index in [0.29, 0.717) is 5.92 Å². The van der Waals surface area contributed by atoms with Gasteiger partial charge in [-0.05, 0) is 18.8 Å². The number of carbonyl (C=O) groups is 1. The molecule has 1 rings (SSSR count). The quantitative estimate of drug-likeness (QED) is 0.633. The Kier molecular flexibility index (Phi) is 4.46. The first-order chi connectivity index (χ1) is 5.83. The van der Waals surface area contributed by atoms with Crippen LogP contribution in [0, 0.1) is 5.92 Å². The van der Waals surface area contributed by atoms with E-state index in [1.54, 1.807) is 0 Å². The Morgan fingerprint density at radius 1 is 1.50 bits per heavy atom. The van der Waals surface area contributed by atoms with Crippen molar-refractivity contribution in [2.75, 3.05) is 25.5 Å². The molecule has 1 aliphatic rings. The summed E-state index contributed by atoms with van der Waals surface area (Å²) in [6.07, 6.45) is 2.12. The molecule has 1 saturated heterocycles. The van der Waals surface area contributed by atoms with Crippen LogP contribution in [-0.2, 0) is 9.53 Å². The first kappa shape index (κ1) is 9.86. The number of carbonyl (C=O) groups excluding carboxylic acids is 1. The Balaban J connectivity index is 2.09. The molecule has 0 saturated carbocycles. The van der Waals surface area contributed by atoms with Crippen molar-refractivity contribution in [3.63, 3.8) is 0 Å². The smallest absolute Gasteiger partial charge is 0.229 e. The summed E-state index contributed by atoms with van der Waals surface area (Å²) in [5, 5.41) is 2.83. The lowest BCUT2D eigenvalue weighted by atomic mass is 10.0. The van der Waals surface area contributed by atoms with Crippen LogP contribution in [0.25, 0.3) is 0 Å². The van der Waals surface area contributed by atoms with Crippen molar-refractivity contribution >= 4 is 18.5 Å². The summed E-state index contributed by atoms with van der Waals surface area (Å²) < 4.78 is 5.21. The Hall–Kier alpha value is -0.220. The van der Waals surface area contributed by atoms with Crippen LogP contribution in [0.5, 0.6) is 0 Å². The minimum absolute atomic E-state index is 0.0184. The molecule has 0 aromatic rings. The van der Waals surface area contributed by atoms with E-state index in [1.807, 2.05) is 0 Å². The Labute approximate surface area is 78.3 Å². The van der Waals surface area contributed by atoms with E-state index in [1.165, 1.54) is 0 Å². The Morgan fingerprint density at radius 3 is 2.75 bits per heavy atom. The third-order valence-electron chi connectivity index (χ3n) is 2.07. The number of hydrogen-bond acceptors (Lipinski definition) is 3. The molecule has 0 aliphatic carbocycles. The van der Waals surface area contributed by atoms with Crippen molar-refractivity contribution in [1.82, 2.24) is 5.32 Å². The zero-order valence-corrected chi connectivity index (χ0v) is 7.98. The molecule has 1 heterocycles. The van der Waals surface area contributed by atoms with E-state index >= 15 is 0 Å². The highest BCUT2D eigenvalue weighted by Crippen LogP contribution is 2.12. The average Bonchev–Trinajstić information content (AvgIpc) is 2.16. The van der Waals surface area contributed by atoms with E-state index in [0.717, 1.165) is 32.6 Å². The van der Waals surface area contributed by atoms with Crippen LogP contribution < -0.4 is 5.32 Å². The second-order valence-corrected chi connectivity index (χ2v) is 3.33. The lowest BCUT2D eigenvalue weighted by Crippen LogP contribution is -2.32. The van der Waals surface area contributed by atoms with E-state index in [2.05, 4.69) is 17.9 Å². The van der Waals surface area contributed by atoms with Crippen molar-refractivity contribution in [1.29, 1.82) is 0 Å². The van der Waals surface area contributed by atoms with Crippen molar-refractivity contribution in [2.45, 2.75) is 12.8 Å². The van der Waals surface area contributed by atoms with E-state index in [4.69, 9.17) is 4.74 Å². The lowest BCUT2D eigenvalue weighted by molar-refractivity contribution is -0.118. The predicted octanol–water partition coefficient (Wildman–Crippen LogP) is 0.459. The van der Waals surface area contributed by atoms with Gasteiger partial charge in [0, 0.05) is 19.8 Å². The van der Waals surface area contributed by atoms with Gasteiger partial charge < -0.3 is 10.1 Å². The number of thiol groups is 1. The minimum atomic E-state index is 0.0184. The van der Waals surface area contributed by atoms with Gasteiger partial charge in [-0.15, -0.1) is 0 Å². The first-order valence-electron chi connectivity index (χ1n) is 4.28. The topological polar surface area (TPSA) is 38.3 Å². The number of nitrogens with one attached hydrogen (secondary N) is 1. The molecule has 0 aromatic carbocycles. The molecule has 0 bridgehead atoms. The van der Waals surface area contributed by atoms with Crippen LogP contribution in [-0.4, -0.2) is 31.4 Å². The normalized spacial score (nSPS) is 19.1.